The molecule has 0 aliphatic rings. The molecular weight excluding hydrogens is 480 g/mol. The van der Waals surface area contributed by atoms with E-state index in [-0.39, 0.29) is 0 Å². The largest absolute Gasteiger partial charge is 0.0616 e. The van der Waals surface area contributed by atoms with E-state index in [0.717, 1.165) is 0 Å². The second kappa shape index (κ2) is 10.5. The average molecular weight is 509 g/mol. The molecule has 0 aromatic heterocycles. The third-order valence-corrected chi connectivity index (χ3v) is 7.71. The van der Waals surface area contributed by atoms with Gasteiger partial charge in [0.05, 0.1) is 0 Å². The minimum Gasteiger partial charge on any atom is -0.0616 e. The van der Waals surface area contributed by atoms with Gasteiger partial charge in [0, 0.05) is 0 Å². The van der Waals surface area contributed by atoms with E-state index in [2.05, 4.69) is 170 Å². The summed E-state index contributed by atoms with van der Waals surface area (Å²) in [6.07, 6.45) is 0. The second-order valence-corrected chi connectivity index (χ2v) is 10.1. The maximum Gasteiger partial charge on any atom is -0.00206 e. The van der Waals surface area contributed by atoms with Crippen LogP contribution in [-0.4, -0.2) is 0 Å². The summed E-state index contributed by atoms with van der Waals surface area (Å²) >= 11 is 0. The highest BCUT2D eigenvalue weighted by Crippen LogP contribution is 2.41. The van der Waals surface area contributed by atoms with Crippen LogP contribution < -0.4 is 0 Å². The van der Waals surface area contributed by atoms with Gasteiger partial charge in [-0.15, -0.1) is 0 Å². The Hall–Kier alpha value is -5.20. The lowest BCUT2D eigenvalue weighted by atomic mass is 9.87. The van der Waals surface area contributed by atoms with Gasteiger partial charge in [-0.05, 0) is 71.4 Å². The van der Waals surface area contributed by atoms with E-state index in [1.54, 1.807) is 0 Å². The smallest absolute Gasteiger partial charge is 0.00206 e. The fraction of sp³-hybridized carbons (Fsp3) is 0. The summed E-state index contributed by atoms with van der Waals surface area (Å²) in [5.74, 6) is 0. The summed E-state index contributed by atoms with van der Waals surface area (Å²) in [5, 5.41) is 10.3. The quantitative estimate of drug-likeness (QED) is 0.218. The molecule has 0 atom stereocenters. The maximum atomic E-state index is 2.31. The molecule has 0 amide bonds. The molecule has 0 unspecified atom stereocenters. The predicted molar refractivity (Wildman–Crippen MR) is 174 cm³/mol. The Kier molecular flexibility index (Phi) is 6.28. The lowest BCUT2D eigenvalue weighted by molar-refractivity contribution is 1.64. The van der Waals surface area contributed by atoms with Gasteiger partial charge in [-0.3, -0.25) is 0 Å². The molecule has 188 valence electrons. The summed E-state index contributed by atoms with van der Waals surface area (Å²) < 4.78 is 0. The van der Waals surface area contributed by atoms with Crippen LogP contribution in [0.5, 0.6) is 0 Å². The Balaban J connectivity index is 0.000000222. The van der Waals surface area contributed by atoms with Gasteiger partial charge in [-0.25, -0.2) is 0 Å². The van der Waals surface area contributed by atoms with E-state index in [9.17, 15) is 0 Å². The highest BCUT2D eigenvalue weighted by atomic mass is 14.2. The van der Waals surface area contributed by atoms with E-state index in [4.69, 9.17) is 0 Å². The highest BCUT2D eigenvalue weighted by molar-refractivity contribution is 6.11. The molecule has 0 spiro atoms. The van der Waals surface area contributed by atoms with Crippen molar-refractivity contribution in [2.45, 2.75) is 0 Å². The van der Waals surface area contributed by atoms with Gasteiger partial charge in [0.15, 0.2) is 0 Å². The molecule has 0 nitrogen and oxygen atoms in total. The molecule has 8 rings (SSSR count). The zero-order valence-electron chi connectivity index (χ0n) is 22.2. The molecule has 0 aliphatic carbocycles. The van der Waals surface area contributed by atoms with Crippen LogP contribution in [0.1, 0.15) is 0 Å². The first-order valence-electron chi connectivity index (χ1n) is 13.8. The fourth-order valence-electron chi connectivity index (χ4n) is 5.74. The molecule has 0 saturated heterocycles. The average Bonchev–Trinajstić information content (AvgIpc) is 3.04. The molecule has 0 saturated carbocycles. The van der Waals surface area contributed by atoms with Crippen molar-refractivity contribution in [2.24, 2.45) is 0 Å². The van der Waals surface area contributed by atoms with Crippen molar-refractivity contribution >= 4 is 43.1 Å². The molecule has 0 aliphatic heterocycles. The van der Waals surface area contributed by atoms with Crippen molar-refractivity contribution in [3.63, 3.8) is 0 Å². The number of hydrogen-bond acceptors (Lipinski definition) is 0. The number of rotatable bonds is 2. The lowest BCUT2D eigenvalue weighted by Gasteiger charge is -2.16. The molecule has 0 fully saturated rings. The highest BCUT2D eigenvalue weighted by Gasteiger charge is 2.14. The van der Waals surface area contributed by atoms with Gasteiger partial charge < -0.3 is 0 Å². The summed E-state index contributed by atoms with van der Waals surface area (Å²) in [6, 6.07) is 60.6. The van der Waals surface area contributed by atoms with Crippen LogP contribution in [0.25, 0.3) is 65.3 Å². The Labute approximate surface area is 234 Å². The summed E-state index contributed by atoms with van der Waals surface area (Å²) in [4.78, 5) is 0. The second-order valence-electron chi connectivity index (χ2n) is 10.1. The Bertz CT molecular complexity index is 2050. The van der Waals surface area contributed by atoms with Crippen molar-refractivity contribution < 1.29 is 0 Å². The van der Waals surface area contributed by atoms with Crippen LogP contribution >= 0.6 is 0 Å². The van der Waals surface area contributed by atoms with E-state index < -0.39 is 0 Å². The van der Waals surface area contributed by atoms with Crippen molar-refractivity contribution in [1.82, 2.24) is 0 Å². The van der Waals surface area contributed by atoms with Gasteiger partial charge in [0.25, 0.3) is 0 Å². The maximum absolute atomic E-state index is 2.31. The van der Waals surface area contributed by atoms with Gasteiger partial charge in [-0.1, -0.05) is 164 Å². The number of hydrogen-bond donors (Lipinski definition) is 0. The Morgan fingerprint density at radius 3 is 1.35 bits per heavy atom. The molecular formula is C40H28. The minimum atomic E-state index is 1.25. The first kappa shape index (κ1) is 23.9. The van der Waals surface area contributed by atoms with Crippen molar-refractivity contribution in [3.05, 3.63) is 170 Å². The van der Waals surface area contributed by atoms with Crippen molar-refractivity contribution in [2.75, 3.05) is 0 Å². The Morgan fingerprint density at radius 1 is 0.250 bits per heavy atom. The van der Waals surface area contributed by atoms with Gasteiger partial charge in [0.1, 0.15) is 0 Å². The van der Waals surface area contributed by atoms with E-state index in [1.165, 1.54) is 65.3 Å². The zero-order chi connectivity index (χ0) is 26.7. The van der Waals surface area contributed by atoms with Crippen LogP contribution in [0.2, 0.25) is 0 Å². The van der Waals surface area contributed by atoms with E-state index >= 15 is 0 Å². The Morgan fingerprint density at radius 2 is 0.700 bits per heavy atom. The van der Waals surface area contributed by atoms with Gasteiger partial charge in [0.2, 0.25) is 0 Å². The SMILES string of the molecule is c1ccc2cc(-c3ccc4ccccc4c3-c3cccc4ccccc34)ccc2c1.c1ccc2ccccc2c1. The minimum absolute atomic E-state index is 1.25. The molecule has 0 N–H and O–H groups in total. The first-order valence-corrected chi connectivity index (χ1v) is 13.8. The van der Waals surface area contributed by atoms with Crippen LogP contribution in [0.15, 0.2) is 170 Å². The molecule has 8 aromatic carbocycles. The number of benzene rings is 8. The van der Waals surface area contributed by atoms with E-state index in [0.29, 0.717) is 0 Å². The van der Waals surface area contributed by atoms with Crippen LogP contribution in [0, 0.1) is 0 Å². The van der Waals surface area contributed by atoms with Gasteiger partial charge in [-0.2, -0.15) is 0 Å². The monoisotopic (exact) mass is 508 g/mol. The van der Waals surface area contributed by atoms with Crippen LogP contribution in [-0.2, 0) is 0 Å². The van der Waals surface area contributed by atoms with E-state index in [1.807, 2.05) is 0 Å². The molecule has 0 heterocycles. The molecule has 0 bridgehead atoms. The topological polar surface area (TPSA) is 0 Å². The van der Waals surface area contributed by atoms with Crippen LogP contribution in [0.4, 0.5) is 0 Å². The normalized spacial score (nSPS) is 11.0. The lowest BCUT2D eigenvalue weighted by Crippen LogP contribution is -1.90. The first-order chi connectivity index (χ1) is 19.8. The predicted octanol–water partition coefficient (Wildman–Crippen LogP) is 11.3. The molecule has 40 heavy (non-hydrogen) atoms. The summed E-state index contributed by atoms with van der Waals surface area (Å²) in [5.41, 5.74) is 5.12. The van der Waals surface area contributed by atoms with Crippen molar-refractivity contribution in [3.8, 4) is 22.3 Å². The summed E-state index contributed by atoms with van der Waals surface area (Å²) in [6.45, 7) is 0. The summed E-state index contributed by atoms with van der Waals surface area (Å²) in [7, 11) is 0. The zero-order valence-corrected chi connectivity index (χ0v) is 22.2. The third-order valence-electron chi connectivity index (χ3n) is 7.71. The molecule has 0 radical (unpaired) electrons. The van der Waals surface area contributed by atoms with Crippen LogP contribution in [0.3, 0.4) is 0 Å². The fourth-order valence-corrected chi connectivity index (χ4v) is 5.74. The molecule has 8 aromatic rings. The van der Waals surface area contributed by atoms with Gasteiger partial charge >= 0.3 is 0 Å². The number of fused-ring (bicyclic) bond motifs is 4. The third kappa shape index (κ3) is 4.51. The van der Waals surface area contributed by atoms with Crippen molar-refractivity contribution in [1.29, 1.82) is 0 Å². The standard InChI is InChI=1S/C30H20.C10H8/c1-2-11-24-20-25(17-16-21(24)8-1)28-19-18-23-10-4-6-14-27(23)30(28)29-15-7-12-22-9-3-5-13-26(22)29;1-2-6-10-8-4-3-7-9(10)5-1/h1-20H;1-8H. The molecule has 0 heteroatoms.